The van der Waals surface area contributed by atoms with Crippen LogP contribution in [0.5, 0.6) is 17.4 Å². The third-order valence-corrected chi connectivity index (χ3v) is 6.85. The van der Waals surface area contributed by atoms with Crippen molar-refractivity contribution in [1.82, 2.24) is 24.5 Å². The summed E-state index contributed by atoms with van der Waals surface area (Å²) in [5.74, 6) is 1.97. The second-order valence-corrected chi connectivity index (χ2v) is 9.74. The molecule has 0 aliphatic rings. The molecule has 0 unspecified atom stereocenters. The monoisotopic (exact) mass is 581 g/mol. The number of methoxy groups -OCH3 is 2. The maximum Gasteiger partial charge on any atom is 0.240 e. The molecule has 0 aliphatic heterocycles. The van der Waals surface area contributed by atoms with Crippen LogP contribution in [0.2, 0.25) is 0 Å². The van der Waals surface area contributed by atoms with Crippen molar-refractivity contribution in [3.05, 3.63) is 58.2 Å². The SMILES string of the molecule is COc1ccc(-c2nnc3ccc(OCCNS(=O)(=O)c4ccc(I)cc4)nn23)c(OC)c1. The molecule has 2 aromatic carbocycles. The van der Waals surface area contributed by atoms with Gasteiger partial charge in [-0.1, -0.05) is 0 Å². The molecule has 0 aliphatic carbocycles. The standard InChI is InChI=1S/C21H20IN5O5S/c1-30-15-5-8-17(18(13-15)31-2)21-25-24-19-9-10-20(26-27(19)21)32-12-11-23-33(28,29)16-6-3-14(22)4-7-16/h3-10,13,23H,11-12H2,1-2H3. The van der Waals surface area contributed by atoms with Crippen LogP contribution in [0.1, 0.15) is 0 Å². The van der Waals surface area contributed by atoms with Gasteiger partial charge in [-0.2, -0.15) is 4.52 Å². The summed E-state index contributed by atoms with van der Waals surface area (Å²) in [7, 11) is -0.484. The van der Waals surface area contributed by atoms with Gasteiger partial charge in [-0.05, 0) is 65.1 Å². The van der Waals surface area contributed by atoms with Crippen molar-refractivity contribution in [1.29, 1.82) is 0 Å². The highest BCUT2D eigenvalue weighted by atomic mass is 127. The molecule has 1 N–H and O–H groups in total. The van der Waals surface area contributed by atoms with Gasteiger partial charge in [0, 0.05) is 22.2 Å². The Hall–Kier alpha value is -2.97. The molecule has 0 saturated heterocycles. The third kappa shape index (κ3) is 5.17. The summed E-state index contributed by atoms with van der Waals surface area (Å²) in [5.41, 5.74) is 1.20. The number of nitrogens with zero attached hydrogens (tertiary/aromatic N) is 4. The number of aromatic nitrogens is 4. The van der Waals surface area contributed by atoms with Gasteiger partial charge in [0.25, 0.3) is 0 Å². The minimum Gasteiger partial charge on any atom is -0.497 e. The number of ether oxygens (including phenoxy) is 3. The van der Waals surface area contributed by atoms with Crippen LogP contribution in [-0.2, 0) is 10.0 Å². The van der Waals surface area contributed by atoms with Crippen molar-refractivity contribution in [3.8, 4) is 28.8 Å². The summed E-state index contributed by atoms with van der Waals surface area (Å²) in [6, 6.07) is 15.3. The van der Waals surface area contributed by atoms with Crippen molar-refractivity contribution < 1.29 is 22.6 Å². The molecular formula is C21H20IN5O5S. The molecule has 4 rings (SSSR count). The molecular weight excluding hydrogens is 561 g/mol. The number of halogens is 1. The van der Waals surface area contributed by atoms with E-state index in [0.717, 1.165) is 3.57 Å². The molecule has 12 heteroatoms. The van der Waals surface area contributed by atoms with Crippen molar-refractivity contribution in [2.75, 3.05) is 27.4 Å². The van der Waals surface area contributed by atoms with Crippen molar-refractivity contribution in [2.45, 2.75) is 4.90 Å². The lowest BCUT2D eigenvalue weighted by Crippen LogP contribution is -2.28. The Bertz CT molecular complexity index is 1380. The van der Waals surface area contributed by atoms with Gasteiger partial charge in [-0.25, -0.2) is 13.1 Å². The van der Waals surface area contributed by atoms with Crippen LogP contribution in [0.25, 0.3) is 17.0 Å². The Morgan fingerprint density at radius 3 is 2.52 bits per heavy atom. The maximum atomic E-state index is 12.4. The Balaban J connectivity index is 1.47. The fourth-order valence-electron chi connectivity index (χ4n) is 3.03. The average Bonchev–Trinajstić information content (AvgIpc) is 3.24. The Morgan fingerprint density at radius 2 is 1.79 bits per heavy atom. The first kappa shape index (κ1) is 23.2. The van der Waals surface area contributed by atoms with E-state index in [0.29, 0.717) is 34.4 Å². The van der Waals surface area contributed by atoms with Crippen LogP contribution in [-0.4, -0.2) is 55.6 Å². The molecule has 33 heavy (non-hydrogen) atoms. The summed E-state index contributed by atoms with van der Waals surface area (Å²) >= 11 is 2.12. The summed E-state index contributed by atoms with van der Waals surface area (Å²) < 4.78 is 46.1. The van der Waals surface area contributed by atoms with Crippen molar-refractivity contribution in [2.24, 2.45) is 0 Å². The number of hydrogen-bond donors (Lipinski definition) is 1. The average molecular weight is 581 g/mol. The molecule has 0 atom stereocenters. The van der Waals surface area contributed by atoms with Gasteiger partial charge < -0.3 is 14.2 Å². The first-order valence-corrected chi connectivity index (χ1v) is 12.3. The lowest BCUT2D eigenvalue weighted by molar-refractivity contribution is 0.306. The molecule has 0 amide bonds. The highest BCUT2D eigenvalue weighted by molar-refractivity contribution is 14.1. The number of benzene rings is 2. The quantitative estimate of drug-likeness (QED) is 0.237. The molecule has 0 radical (unpaired) electrons. The Labute approximate surface area is 204 Å². The number of nitrogens with one attached hydrogen (secondary N) is 1. The molecule has 2 aromatic heterocycles. The molecule has 4 aromatic rings. The van der Waals surface area contributed by atoms with E-state index < -0.39 is 10.0 Å². The second-order valence-electron chi connectivity index (χ2n) is 6.73. The van der Waals surface area contributed by atoms with Crippen LogP contribution in [0.3, 0.4) is 0 Å². The fraction of sp³-hybridized carbons (Fsp3) is 0.190. The molecule has 2 heterocycles. The summed E-state index contributed by atoms with van der Waals surface area (Å²) in [6.07, 6.45) is 0. The third-order valence-electron chi connectivity index (χ3n) is 4.66. The van der Waals surface area contributed by atoms with E-state index in [1.807, 2.05) is 6.07 Å². The van der Waals surface area contributed by atoms with E-state index in [9.17, 15) is 8.42 Å². The summed E-state index contributed by atoms with van der Waals surface area (Å²) in [6.45, 7) is 0.167. The van der Waals surface area contributed by atoms with Gasteiger partial charge >= 0.3 is 0 Å². The maximum absolute atomic E-state index is 12.4. The lowest BCUT2D eigenvalue weighted by atomic mass is 10.2. The van der Waals surface area contributed by atoms with Gasteiger partial charge in [0.05, 0.1) is 24.7 Å². The van der Waals surface area contributed by atoms with Crippen LogP contribution in [0.4, 0.5) is 0 Å². The van der Waals surface area contributed by atoms with Crippen molar-refractivity contribution in [3.63, 3.8) is 0 Å². The van der Waals surface area contributed by atoms with E-state index >= 15 is 0 Å². The largest absolute Gasteiger partial charge is 0.497 e. The highest BCUT2D eigenvalue weighted by Gasteiger charge is 2.16. The predicted molar refractivity (Wildman–Crippen MR) is 129 cm³/mol. The molecule has 0 fully saturated rings. The van der Waals surface area contributed by atoms with Crippen LogP contribution >= 0.6 is 22.6 Å². The topological polar surface area (TPSA) is 117 Å². The van der Waals surface area contributed by atoms with Crippen molar-refractivity contribution >= 4 is 38.3 Å². The minimum absolute atomic E-state index is 0.0787. The minimum atomic E-state index is -3.62. The van der Waals surface area contributed by atoms with Gasteiger partial charge in [0.2, 0.25) is 15.9 Å². The molecule has 10 nitrogen and oxygen atoms in total. The highest BCUT2D eigenvalue weighted by Crippen LogP contribution is 2.32. The normalized spacial score (nSPS) is 11.5. The van der Waals surface area contributed by atoms with E-state index in [2.05, 4.69) is 42.6 Å². The number of fused-ring (bicyclic) bond motifs is 1. The van der Waals surface area contributed by atoms with E-state index in [1.54, 1.807) is 62.8 Å². The zero-order chi connectivity index (χ0) is 23.4. The van der Waals surface area contributed by atoms with Crippen LogP contribution in [0, 0.1) is 3.57 Å². The molecule has 0 saturated carbocycles. The van der Waals surface area contributed by atoms with E-state index in [-0.39, 0.29) is 18.0 Å². The van der Waals surface area contributed by atoms with Gasteiger partial charge in [0.1, 0.15) is 18.1 Å². The number of rotatable bonds is 9. The summed E-state index contributed by atoms with van der Waals surface area (Å²) in [4.78, 5) is 0.199. The van der Waals surface area contributed by atoms with E-state index in [1.165, 1.54) is 4.52 Å². The first-order valence-electron chi connectivity index (χ1n) is 9.74. The zero-order valence-corrected chi connectivity index (χ0v) is 20.7. The first-order chi connectivity index (χ1) is 15.9. The van der Waals surface area contributed by atoms with Crippen LogP contribution in [0.15, 0.2) is 59.5 Å². The zero-order valence-electron chi connectivity index (χ0n) is 17.7. The van der Waals surface area contributed by atoms with Gasteiger partial charge in [0.15, 0.2) is 11.5 Å². The fourth-order valence-corrected chi connectivity index (χ4v) is 4.40. The molecule has 0 spiro atoms. The molecule has 172 valence electrons. The van der Waals surface area contributed by atoms with Crippen LogP contribution < -0.4 is 18.9 Å². The number of hydrogen-bond acceptors (Lipinski definition) is 8. The van der Waals surface area contributed by atoms with Gasteiger partial charge in [-0.15, -0.1) is 15.3 Å². The molecule has 0 bridgehead atoms. The Morgan fingerprint density at radius 1 is 1.00 bits per heavy atom. The second kappa shape index (κ2) is 9.89. The Kier molecular flexibility index (Phi) is 6.95. The number of sulfonamides is 1. The lowest BCUT2D eigenvalue weighted by Gasteiger charge is -2.10. The smallest absolute Gasteiger partial charge is 0.240 e. The summed E-state index contributed by atoms with van der Waals surface area (Å²) in [5, 5.41) is 12.8. The van der Waals surface area contributed by atoms with E-state index in [4.69, 9.17) is 14.2 Å². The predicted octanol–water partition coefficient (Wildman–Crippen LogP) is 2.77. The van der Waals surface area contributed by atoms with Gasteiger partial charge in [-0.3, -0.25) is 0 Å².